The Bertz CT molecular complexity index is 385. The molecule has 0 aromatic carbocycles. The molecule has 0 aromatic heterocycles. The van der Waals surface area contributed by atoms with Gasteiger partial charge in [0.15, 0.2) is 0 Å². The second-order valence-corrected chi connectivity index (χ2v) is 7.03. The summed E-state index contributed by atoms with van der Waals surface area (Å²) in [5.74, 6) is 0.668. The van der Waals surface area contributed by atoms with Gasteiger partial charge in [0.05, 0.1) is 0 Å². The van der Waals surface area contributed by atoms with Crippen molar-refractivity contribution in [1.29, 1.82) is 0 Å². The van der Waals surface area contributed by atoms with Gasteiger partial charge in [-0.2, -0.15) is 0 Å². The van der Waals surface area contributed by atoms with E-state index in [0.29, 0.717) is 18.9 Å². The highest BCUT2D eigenvalue weighted by atomic mass is 16.4. The average Bonchev–Trinajstić information content (AvgIpc) is 2.81. The van der Waals surface area contributed by atoms with Gasteiger partial charge < -0.3 is 10.0 Å². The van der Waals surface area contributed by atoms with Crippen LogP contribution in [0.4, 0.5) is 0 Å². The molecule has 0 spiro atoms. The summed E-state index contributed by atoms with van der Waals surface area (Å²) < 4.78 is 0. The third-order valence-corrected chi connectivity index (χ3v) is 5.43. The summed E-state index contributed by atoms with van der Waals surface area (Å²) in [7, 11) is 0. The summed E-state index contributed by atoms with van der Waals surface area (Å²) in [5, 5.41) is 9.41. The molecule has 1 aliphatic heterocycles. The quantitative estimate of drug-likeness (QED) is 0.865. The van der Waals surface area contributed by atoms with Crippen LogP contribution in [0.2, 0.25) is 0 Å². The Morgan fingerprint density at radius 3 is 2.30 bits per heavy atom. The maximum atomic E-state index is 12.7. The lowest BCUT2D eigenvalue weighted by molar-refractivity contribution is -0.157. The molecule has 0 bridgehead atoms. The molecule has 1 saturated heterocycles. The summed E-state index contributed by atoms with van der Waals surface area (Å²) in [6.07, 6.45) is 5.43. The Kier molecular flexibility index (Phi) is 4.40. The van der Waals surface area contributed by atoms with Gasteiger partial charge in [-0.3, -0.25) is 4.79 Å². The zero-order valence-electron chi connectivity index (χ0n) is 12.9. The van der Waals surface area contributed by atoms with Gasteiger partial charge in [-0.15, -0.1) is 0 Å². The monoisotopic (exact) mass is 281 g/mol. The summed E-state index contributed by atoms with van der Waals surface area (Å²) in [4.78, 5) is 25.8. The maximum Gasteiger partial charge on any atom is 0.329 e. The van der Waals surface area contributed by atoms with Gasteiger partial charge in [0.2, 0.25) is 5.91 Å². The first-order valence-corrected chi connectivity index (χ1v) is 7.91. The molecule has 2 rings (SSSR count). The second-order valence-electron chi connectivity index (χ2n) is 7.03. The molecular weight excluding hydrogens is 254 g/mol. The van der Waals surface area contributed by atoms with E-state index in [4.69, 9.17) is 0 Å². The van der Waals surface area contributed by atoms with Gasteiger partial charge >= 0.3 is 5.97 Å². The Morgan fingerprint density at radius 2 is 1.80 bits per heavy atom. The van der Waals surface area contributed by atoms with Crippen LogP contribution in [-0.2, 0) is 9.59 Å². The molecule has 0 aromatic rings. The number of aliphatic carboxylic acids is 1. The topological polar surface area (TPSA) is 57.6 Å². The standard InChI is InChI=1S/C16H27NO3/c1-11(2)12-5-7-13(8-6-12)14(18)17-10-4-9-16(17,3)15(19)20/h11-13H,4-10H2,1-3H3,(H,19,20). The zero-order valence-corrected chi connectivity index (χ0v) is 12.9. The first-order valence-electron chi connectivity index (χ1n) is 7.91. The van der Waals surface area contributed by atoms with Crippen molar-refractivity contribution < 1.29 is 14.7 Å². The number of carbonyl (C=O) groups excluding carboxylic acids is 1. The van der Waals surface area contributed by atoms with Crippen LogP contribution in [0.1, 0.15) is 59.3 Å². The van der Waals surface area contributed by atoms with Crippen LogP contribution in [0.15, 0.2) is 0 Å². The van der Waals surface area contributed by atoms with Gasteiger partial charge in [0.25, 0.3) is 0 Å². The number of amides is 1. The molecule has 1 N–H and O–H groups in total. The van der Waals surface area contributed by atoms with Crippen LogP contribution in [0.25, 0.3) is 0 Å². The SMILES string of the molecule is CC(C)C1CCC(C(=O)N2CCCC2(C)C(=O)O)CC1. The van der Waals surface area contributed by atoms with Crippen LogP contribution in [-0.4, -0.2) is 34.0 Å². The predicted octanol–water partition coefficient (Wildman–Crippen LogP) is 2.91. The van der Waals surface area contributed by atoms with Crippen molar-refractivity contribution in [2.45, 2.75) is 64.8 Å². The van der Waals surface area contributed by atoms with E-state index in [1.54, 1.807) is 11.8 Å². The van der Waals surface area contributed by atoms with Gasteiger partial charge in [-0.1, -0.05) is 13.8 Å². The number of carboxylic acid groups (broad SMARTS) is 1. The minimum Gasteiger partial charge on any atom is -0.480 e. The molecule has 1 unspecified atom stereocenters. The molecule has 1 heterocycles. The van der Waals surface area contributed by atoms with E-state index >= 15 is 0 Å². The first kappa shape index (κ1) is 15.3. The van der Waals surface area contributed by atoms with Gasteiger partial charge in [0, 0.05) is 12.5 Å². The van der Waals surface area contributed by atoms with Crippen molar-refractivity contribution in [3.05, 3.63) is 0 Å². The number of likely N-dealkylation sites (tertiary alicyclic amines) is 1. The van der Waals surface area contributed by atoms with Crippen LogP contribution in [0, 0.1) is 17.8 Å². The number of carbonyl (C=O) groups is 2. The summed E-state index contributed by atoms with van der Waals surface area (Å²) >= 11 is 0. The number of nitrogens with zero attached hydrogens (tertiary/aromatic N) is 1. The molecule has 2 fully saturated rings. The number of rotatable bonds is 3. The molecule has 2 aliphatic rings. The van der Waals surface area contributed by atoms with Crippen LogP contribution < -0.4 is 0 Å². The molecule has 1 amide bonds. The van der Waals surface area contributed by atoms with Crippen LogP contribution in [0.3, 0.4) is 0 Å². The summed E-state index contributed by atoms with van der Waals surface area (Å²) in [5.41, 5.74) is -0.980. The Labute approximate surface area is 121 Å². The maximum absolute atomic E-state index is 12.7. The Morgan fingerprint density at radius 1 is 1.20 bits per heavy atom. The third kappa shape index (κ3) is 2.70. The second kappa shape index (κ2) is 5.74. The lowest BCUT2D eigenvalue weighted by atomic mass is 9.76. The predicted molar refractivity (Wildman–Crippen MR) is 77.3 cm³/mol. The fourth-order valence-electron chi connectivity index (χ4n) is 3.79. The fraction of sp³-hybridized carbons (Fsp3) is 0.875. The van der Waals surface area contributed by atoms with E-state index in [1.807, 2.05) is 0 Å². The van der Waals surface area contributed by atoms with Gasteiger partial charge in [-0.05, 0) is 57.3 Å². The van der Waals surface area contributed by atoms with E-state index in [1.165, 1.54) is 0 Å². The summed E-state index contributed by atoms with van der Waals surface area (Å²) in [6, 6.07) is 0. The van der Waals surface area contributed by atoms with Crippen LogP contribution in [0.5, 0.6) is 0 Å². The van der Waals surface area contributed by atoms with Gasteiger partial charge in [0.1, 0.15) is 5.54 Å². The lowest BCUT2D eigenvalue weighted by Crippen LogP contribution is -2.52. The average molecular weight is 281 g/mol. The Hall–Kier alpha value is -1.06. The largest absolute Gasteiger partial charge is 0.480 e. The summed E-state index contributed by atoms with van der Waals surface area (Å²) in [6.45, 7) is 6.79. The molecule has 114 valence electrons. The molecule has 1 atom stereocenters. The molecule has 4 heteroatoms. The normalized spacial score (nSPS) is 34.5. The van der Waals surface area contributed by atoms with E-state index in [9.17, 15) is 14.7 Å². The number of carboxylic acids is 1. The molecule has 0 radical (unpaired) electrons. The smallest absolute Gasteiger partial charge is 0.329 e. The number of hydrogen-bond donors (Lipinski definition) is 1. The zero-order chi connectivity index (χ0) is 14.9. The highest BCUT2D eigenvalue weighted by Gasteiger charge is 2.47. The fourth-order valence-corrected chi connectivity index (χ4v) is 3.79. The van der Waals surface area contributed by atoms with Crippen molar-refractivity contribution >= 4 is 11.9 Å². The third-order valence-electron chi connectivity index (χ3n) is 5.43. The van der Waals surface area contributed by atoms with Crippen LogP contribution >= 0.6 is 0 Å². The van der Waals surface area contributed by atoms with E-state index in [2.05, 4.69) is 13.8 Å². The minimum atomic E-state index is -0.980. The minimum absolute atomic E-state index is 0.0433. The molecule has 1 saturated carbocycles. The lowest BCUT2D eigenvalue weighted by Gasteiger charge is -2.37. The van der Waals surface area contributed by atoms with Crippen molar-refractivity contribution in [1.82, 2.24) is 4.90 Å². The molecule has 4 nitrogen and oxygen atoms in total. The van der Waals surface area contributed by atoms with Gasteiger partial charge in [-0.25, -0.2) is 4.79 Å². The van der Waals surface area contributed by atoms with E-state index in [0.717, 1.165) is 38.0 Å². The molecule has 20 heavy (non-hydrogen) atoms. The van der Waals surface area contributed by atoms with Crippen molar-refractivity contribution in [2.75, 3.05) is 6.54 Å². The van der Waals surface area contributed by atoms with Crippen molar-refractivity contribution in [3.63, 3.8) is 0 Å². The highest BCUT2D eigenvalue weighted by molar-refractivity contribution is 5.88. The Balaban J connectivity index is 2.00. The molecule has 1 aliphatic carbocycles. The van der Waals surface area contributed by atoms with E-state index < -0.39 is 11.5 Å². The van der Waals surface area contributed by atoms with E-state index in [-0.39, 0.29) is 11.8 Å². The number of hydrogen-bond acceptors (Lipinski definition) is 2. The molecular formula is C16H27NO3. The van der Waals surface area contributed by atoms with Crippen molar-refractivity contribution in [3.8, 4) is 0 Å². The first-order chi connectivity index (χ1) is 9.36. The highest BCUT2D eigenvalue weighted by Crippen LogP contribution is 2.37. The van der Waals surface area contributed by atoms with Crippen molar-refractivity contribution in [2.24, 2.45) is 17.8 Å².